The average molecular weight is 237 g/mol. The Bertz CT molecular complexity index is 422. The van der Waals surface area contributed by atoms with Gasteiger partial charge >= 0.3 is 5.97 Å². The fraction of sp³-hybridized carbons (Fsp3) is 0.545. The summed E-state index contributed by atoms with van der Waals surface area (Å²) in [7, 11) is 1.91. The highest BCUT2D eigenvalue weighted by Gasteiger charge is 2.19. The summed E-state index contributed by atoms with van der Waals surface area (Å²) in [5.74, 6) is 0.0764. The summed E-state index contributed by atoms with van der Waals surface area (Å²) >= 11 is 0. The van der Waals surface area contributed by atoms with Crippen LogP contribution in [0.25, 0.3) is 0 Å². The quantitative estimate of drug-likeness (QED) is 0.816. The standard InChI is InChI=1S/C11H15N3O3/c1-14(4-2-3-10(15)16)11-8-5-17-6-9(8)12-7-13-11/h7H,2-6H2,1H3,(H,15,16). The van der Waals surface area contributed by atoms with Crippen LogP contribution in [0.3, 0.4) is 0 Å². The van der Waals surface area contributed by atoms with Gasteiger partial charge in [-0.15, -0.1) is 0 Å². The van der Waals surface area contributed by atoms with Crippen LogP contribution in [0.5, 0.6) is 0 Å². The lowest BCUT2D eigenvalue weighted by molar-refractivity contribution is -0.137. The van der Waals surface area contributed by atoms with Gasteiger partial charge in [-0.25, -0.2) is 9.97 Å². The molecule has 17 heavy (non-hydrogen) atoms. The Morgan fingerprint density at radius 2 is 2.35 bits per heavy atom. The SMILES string of the molecule is CN(CCCC(=O)O)c1ncnc2c1COC2. The Morgan fingerprint density at radius 1 is 1.53 bits per heavy atom. The number of aliphatic carboxylic acids is 1. The predicted octanol–water partition coefficient (Wildman–Crippen LogP) is 0.808. The van der Waals surface area contributed by atoms with Crippen LogP contribution in [0.1, 0.15) is 24.1 Å². The van der Waals surface area contributed by atoms with Crippen molar-refractivity contribution in [1.29, 1.82) is 0 Å². The van der Waals surface area contributed by atoms with Crippen molar-refractivity contribution in [3.63, 3.8) is 0 Å². The minimum atomic E-state index is -0.769. The van der Waals surface area contributed by atoms with Crippen molar-refractivity contribution in [2.24, 2.45) is 0 Å². The van der Waals surface area contributed by atoms with E-state index in [1.807, 2.05) is 11.9 Å². The molecular weight excluding hydrogens is 222 g/mol. The molecule has 6 heteroatoms. The molecular formula is C11H15N3O3. The number of carboxylic acids is 1. The van der Waals surface area contributed by atoms with Crippen molar-refractivity contribution >= 4 is 11.8 Å². The molecule has 1 N–H and O–H groups in total. The monoisotopic (exact) mass is 237 g/mol. The van der Waals surface area contributed by atoms with Crippen molar-refractivity contribution in [1.82, 2.24) is 9.97 Å². The van der Waals surface area contributed by atoms with E-state index in [4.69, 9.17) is 9.84 Å². The first-order valence-electron chi connectivity index (χ1n) is 5.52. The van der Waals surface area contributed by atoms with Crippen molar-refractivity contribution in [2.75, 3.05) is 18.5 Å². The molecule has 6 nitrogen and oxygen atoms in total. The third-order valence-corrected chi connectivity index (χ3v) is 2.74. The number of hydrogen-bond donors (Lipinski definition) is 1. The largest absolute Gasteiger partial charge is 0.481 e. The summed E-state index contributed by atoms with van der Waals surface area (Å²) in [4.78, 5) is 20.8. The van der Waals surface area contributed by atoms with E-state index in [2.05, 4.69) is 9.97 Å². The van der Waals surface area contributed by atoms with E-state index in [0.29, 0.717) is 26.2 Å². The van der Waals surface area contributed by atoms with Crippen LogP contribution < -0.4 is 4.90 Å². The second-order valence-electron chi connectivity index (χ2n) is 4.03. The number of fused-ring (bicyclic) bond motifs is 1. The molecule has 0 bridgehead atoms. The third-order valence-electron chi connectivity index (χ3n) is 2.74. The lowest BCUT2D eigenvalue weighted by Gasteiger charge is -2.19. The van der Waals surface area contributed by atoms with Gasteiger partial charge in [0.25, 0.3) is 0 Å². The van der Waals surface area contributed by atoms with Gasteiger partial charge in [-0.05, 0) is 6.42 Å². The number of rotatable bonds is 5. The van der Waals surface area contributed by atoms with Gasteiger partial charge in [-0.3, -0.25) is 4.79 Å². The predicted molar refractivity (Wildman–Crippen MR) is 60.7 cm³/mol. The first kappa shape index (κ1) is 11.8. The van der Waals surface area contributed by atoms with Gasteiger partial charge in [-0.2, -0.15) is 0 Å². The summed E-state index contributed by atoms with van der Waals surface area (Å²) < 4.78 is 5.33. The van der Waals surface area contributed by atoms with E-state index >= 15 is 0 Å². The Labute approximate surface area is 99.2 Å². The fourth-order valence-electron chi connectivity index (χ4n) is 1.86. The molecule has 92 valence electrons. The first-order valence-corrected chi connectivity index (χ1v) is 5.52. The fourth-order valence-corrected chi connectivity index (χ4v) is 1.86. The minimum Gasteiger partial charge on any atom is -0.481 e. The van der Waals surface area contributed by atoms with Gasteiger partial charge in [0.05, 0.1) is 18.9 Å². The first-order chi connectivity index (χ1) is 8.18. The van der Waals surface area contributed by atoms with Gasteiger partial charge in [0.15, 0.2) is 0 Å². The smallest absolute Gasteiger partial charge is 0.303 e. The third kappa shape index (κ3) is 2.71. The summed E-state index contributed by atoms with van der Waals surface area (Å²) in [5, 5.41) is 8.59. The van der Waals surface area contributed by atoms with Crippen LogP contribution >= 0.6 is 0 Å². The van der Waals surface area contributed by atoms with E-state index in [0.717, 1.165) is 17.1 Å². The average Bonchev–Trinajstić information content (AvgIpc) is 2.75. The maximum absolute atomic E-state index is 10.4. The summed E-state index contributed by atoms with van der Waals surface area (Å²) in [6, 6.07) is 0. The number of nitrogens with zero attached hydrogens (tertiary/aromatic N) is 3. The zero-order valence-electron chi connectivity index (χ0n) is 9.72. The van der Waals surface area contributed by atoms with E-state index in [9.17, 15) is 4.79 Å². The minimum absolute atomic E-state index is 0.175. The molecule has 0 saturated heterocycles. The van der Waals surface area contributed by atoms with Gasteiger partial charge in [0.2, 0.25) is 0 Å². The molecule has 0 fully saturated rings. The highest BCUT2D eigenvalue weighted by molar-refractivity contribution is 5.66. The molecule has 1 aliphatic rings. The summed E-state index contributed by atoms with van der Waals surface area (Å²) in [5.41, 5.74) is 1.95. The molecule has 0 unspecified atom stereocenters. The zero-order chi connectivity index (χ0) is 12.3. The Balaban J connectivity index is 2.02. The molecule has 0 amide bonds. The van der Waals surface area contributed by atoms with Crippen molar-refractivity contribution in [3.8, 4) is 0 Å². The number of aromatic nitrogens is 2. The molecule has 2 rings (SSSR count). The Kier molecular flexibility index (Phi) is 3.53. The van der Waals surface area contributed by atoms with Crippen LogP contribution in [-0.2, 0) is 22.7 Å². The zero-order valence-corrected chi connectivity index (χ0v) is 9.72. The van der Waals surface area contributed by atoms with Crippen LogP contribution in [-0.4, -0.2) is 34.6 Å². The molecule has 1 aromatic rings. The number of hydrogen-bond acceptors (Lipinski definition) is 5. The van der Waals surface area contributed by atoms with Crippen LogP contribution in [0.15, 0.2) is 6.33 Å². The number of carbonyl (C=O) groups is 1. The maximum Gasteiger partial charge on any atom is 0.303 e. The lowest BCUT2D eigenvalue weighted by atomic mass is 10.2. The highest BCUT2D eigenvalue weighted by Crippen LogP contribution is 2.25. The lowest BCUT2D eigenvalue weighted by Crippen LogP contribution is -2.22. The van der Waals surface area contributed by atoms with Crippen molar-refractivity contribution < 1.29 is 14.6 Å². The second kappa shape index (κ2) is 5.09. The number of anilines is 1. The summed E-state index contributed by atoms with van der Waals surface area (Å²) in [6.45, 7) is 1.73. The Hall–Kier alpha value is -1.69. The van der Waals surface area contributed by atoms with E-state index < -0.39 is 5.97 Å². The molecule has 2 heterocycles. The van der Waals surface area contributed by atoms with Crippen LogP contribution in [0.2, 0.25) is 0 Å². The molecule has 0 aromatic carbocycles. The maximum atomic E-state index is 10.4. The molecule has 0 aliphatic carbocycles. The summed E-state index contributed by atoms with van der Waals surface area (Å²) in [6.07, 6.45) is 2.30. The number of ether oxygens (including phenoxy) is 1. The van der Waals surface area contributed by atoms with Crippen LogP contribution in [0.4, 0.5) is 5.82 Å². The van der Waals surface area contributed by atoms with Gasteiger partial charge in [0, 0.05) is 25.6 Å². The molecule has 1 aliphatic heterocycles. The Morgan fingerprint density at radius 3 is 3.12 bits per heavy atom. The second-order valence-corrected chi connectivity index (χ2v) is 4.03. The van der Waals surface area contributed by atoms with E-state index in [1.165, 1.54) is 6.33 Å². The van der Waals surface area contributed by atoms with Crippen molar-refractivity contribution in [3.05, 3.63) is 17.6 Å². The topological polar surface area (TPSA) is 75.6 Å². The molecule has 0 spiro atoms. The van der Waals surface area contributed by atoms with Gasteiger partial charge < -0.3 is 14.7 Å². The van der Waals surface area contributed by atoms with Gasteiger partial charge in [-0.1, -0.05) is 0 Å². The molecule has 0 atom stereocenters. The van der Waals surface area contributed by atoms with Crippen molar-refractivity contribution in [2.45, 2.75) is 26.1 Å². The molecule has 1 aromatic heterocycles. The van der Waals surface area contributed by atoms with E-state index in [1.54, 1.807) is 0 Å². The molecule has 0 radical (unpaired) electrons. The van der Waals surface area contributed by atoms with Crippen LogP contribution in [0, 0.1) is 0 Å². The van der Waals surface area contributed by atoms with Gasteiger partial charge in [0.1, 0.15) is 12.1 Å². The normalized spacial score (nSPS) is 13.5. The number of carboxylic acid groups (broad SMARTS) is 1. The highest BCUT2D eigenvalue weighted by atomic mass is 16.5. The molecule has 0 saturated carbocycles. The van der Waals surface area contributed by atoms with E-state index in [-0.39, 0.29) is 6.42 Å².